The molecule has 0 amide bonds. The SMILES string of the molecule is O=C1c2ccc(Cl)cc2CC1S(=O)(=O)CCc1ccccc1. The Morgan fingerprint density at radius 1 is 1.09 bits per heavy atom. The summed E-state index contributed by atoms with van der Waals surface area (Å²) < 4.78 is 25.0. The molecule has 0 spiro atoms. The molecule has 1 atom stereocenters. The highest BCUT2D eigenvalue weighted by atomic mass is 35.5. The average Bonchev–Trinajstić information content (AvgIpc) is 2.83. The molecule has 114 valence electrons. The quantitative estimate of drug-likeness (QED) is 0.863. The molecule has 0 fully saturated rings. The number of Topliss-reactive ketones (excluding diaryl/α,β-unsaturated/α-hetero) is 1. The molecule has 1 aliphatic rings. The fraction of sp³-hybridized carbons (Fsp3) is 0.235. The highest BCUT2D eigenvalue weighted by Crippen LogP contribution is 2.29. The van der Waals surface area contributed by atoms with Crippen molar-refractivity contribution in [3.63, 3.8) is 0 Å². The van der Waals surface area contributed by atoms with Crippen LogP contribution >= 0.6 is 11.6 Å². The molecule has 0 aromatic heterocycles. The summed E-state index contributed by atoms with van der Waals surface area (Å²) in [4.78, 5) is 12.3. The molecule has 5 heteroatoms. The van der Waals surface area contributed by atoms with Crippen LogP contribution in [0.5, 0.6) is 0 Å². The molecule has 3 rings (SSSR count). The normalized spacial score (nSPS) is 17.5. The molecule has 0 saturated heterocycles. The summed E-state index contributed by atoms with van der Waals surface area (Å²) in [6.07, 6.45) is 0.649. The van der Waals surface area contributed by atoms with E-state index in [9.17, 15) is 13.2 Å². The zero-order chi connectivity index (χ0) is 15.7. The Labute approximate surface area is 134 Å². The van der Waals surface area contributed by atoms with Gasteiger partial charge in [0.15, 0.2) is 15.6 Å². The maximum Gasteiger partial charge on any atom is 0.181 e. The van der Waals surface area contributed by atoms with Gasteiger partial charge in [0.2, 0.25) is 0 Å². The van der Waals surface area contributed by atoms with Gasteiger partial charge in [-0.3, -0.25) is 4.79 Å². The van der Waals surface area contributed by atoms with Crippen LogP contribution in [-0.2, 0) is 22.7 Å². The standard InChI is InChI=1S/C17H15ClO3S/c18-14-6-7-15-13(10-14)11-16(17(15)19)22(20,21)9-8-12-4-2-1-3-5-12/h1-7,10,16H,8-9,11H2. The summed E-state index contributed by atoms with van der Waals surface area (Å²) in [5, 5.41) is -0.446. The number of rotatable bonds is 4. The van der Waals surface area contributed by atoms with Gasteiger partial charge in [0, 0.05) is 10.6 Å². The van der Waals surface area contributed by atoms with E-state index in [1.54, 1.807) is 18.2 Å². The molecule has 22 heavy (non-hydrogen) atoms. The molecule has 0 heterocycles. The highest BCUT2D eigenvalue weighted by molar-refractivity contribution is 7.92. The summed E-state index contributed by atoms with van der Waals surface area (Å²) in [5.74, 6) is -0.325. The smallest absolute Gasteiger partial charge is 0.181 e. The Balaban J connectivity index is 1.78. The molecule has 2 aromatic carbocycles. The number of ketones is 1. The molecule has 0 N–H and O–H groups in total. The highest BCUT2D eigenvalue weighted by Gasteiger charge is 2.39. The monoisotopic (exact) mass is 334 g/mol. The van der Waals surface area contributed by atoms with Gasteiger partial charge < -0.3 is 0 Å². The summed E-state index contributed by atoms with van der Waals surface area (Å²) in [7, 11) is -3.48. The first-order valence-corrected chi connectivity index (χ1v) is 9.15. The van der Waals surface area contributed by atoms with Crippen molar-refractivity contribution in [2.45, 2.75) is 18.1 Å². The number of carbonyl (C=O) groups excluding carboxylic acids is 1. The number of hydrogen-bond donors (Lipinski definition) is 0. The van der Waals surface area contributed by atoms with E-state index in [4.69, 9.17) is 11.6 Å². The molecule has 0 radical (unpaired) electrons. The van der Waals surface area contributed by atoms with E-state index in [2.05, 4.69) is 0 Å². The van der Waals surface area contributed by atoms with Gasteiger partial charge in [-0.05, 0) is 42.2 Å². The van der Waals surface area contributed by atoms with E-state index in [1.807, 2.05) is 30.3 Å². The molecule has 1 aliphatic carbocycles. The first kappa shape index (κ1) is 15.3. The largest absolute Gasteiger partial charge is 0.293 e. The third kappa shape index (κ3) is 2.94. The van der Waals surface area contributed by atoms with Crippen molar-refractivity contribution in [2.24, 2.45) is 0 Å². The van der Waals surface area contributed by atoms with Gasteiger partial charge in [0.05, 0.1) is 5.75 Å². The second-order valence-electron chi connectivity index (χ2n) is 5.46. The van der Waals surface area contributed by atoms with Gasteiger partial charge in [-0.2, -0.15) is 0 Å². The third-order valence-electron chi connectivity index (χ3n) is 3.98. The van der Waals surface area contributed by atoms with E-state index in [0.29, 0.717) is 17.0 Å². The molecule has 0 bridgehead atoms. The van der Waals surface area contributed by atoms with E-state index in [0.717, 1.165) is 11.1 Å². The van der Waals surface area contributed by atoms with E-state index >= 15 is 0 Å². The summed E-state index contributed by atoms with van der Waals surface area (Å²) in [5.41, 5.74) is 2.17. The minimum Gasteiger partial charge on any atom is -0.293 e. The predicted molar refractivity (Wildman–Crippen MR) is 87.2 cm³/mol. The van der Waals surface area contributed by atoms with Crippen molar-refractivity contribution in [3.8, 4) is 0 Å². The zero-order valence-electron chi connectivity index (χ0n) is 11.8. The number of benzene rings is 2. The number of aryl methyl sites for hydroxylation is 1. The van der Waals surface area contributed by atoms with Crippen LogP contribution in [0.3, 0.4) is 0 Å². The van der Waals surface area contributed by atoms with Crippen LogP contribution < -0.4 is 0 Å². The average molecular weight is 335 g/mol. The van der Waals surface area contributed by atoms with E-state index < -0.39 is 15.1 Å². The third-order valence-corrected chi connectivity index (χ3v) is 6.24. The van der Waals surface area contributed by atoms with Crippen LogP contribution in [0.2, 0.25) is 5.02 Å². The molecule has 0 aliphatic heterocycles. The van der Waals surface area contributed by atoms with Gasteiger partial charge in [-0.15, -0.1) is 0 Å². The van der Waals surface area contributed by atoms with Crippen LogP contribution in [0.25, 0.3) is 0 Å². The fourth-order valence-corrected chi connectivity index (χ4v) is 4.66. The lowest BCUT2D eigenvalue weighted by atomic mass is 10.1. The fourth-order valence-electron chi connectivity index (χ4n) is 2.77. The van der Waals surface area contributed by atoms with Gasteiger partial charge in [-0.25, -0.2) is 8.42 Å². The first-order valence-electron chi connectivity index (χ1n) is 7.05. The van der Waals surface area contributed by atoms with Gasteiger partial charge in [-0.1, -0.05) is 41.9 Å². The van der Waals surface area contributed by atoms with Crippen LogP contribution in [0.4, 0.5) is 0 Å². The summed E-state index contributed by atoms with van der Waals surface area (Å²) in [6.45, 7) is 0. The van der Waals surface area contributed by atoms with Crippen LogP contribution in [0.15, 0.2) is 48.5 Å². The Kier molecular flexibility index (Phi) is 4.06. The maximum absolute atomic E-state index is 12.5. The van der Waals surface area contributed by atoms with Crippen molar-refractivity contribution in [3.05, 3.63) is 70.2 Å². The predicted octanol–water partition coefficient (Wildman–Crippen LogP) is 3.10. The maximum atomic E-state index is 12.5. The number of fused-ring (bicyclic) bond motifs is 1. The number of hydrogen-bond acceptors (Lipinski definition) is 3. The van der Waals surface area contributed by atoms with E-state index in [1.165, 1.54) is 0 Å². The number of sulfone groups is 1. The first-order chi connectivity index (χ1) is 10.5. The van der Waals surface area contributed by atoms with Crippen LogP contribution in [0.1, 0.15) is 21.5 Å². The lowest BCUT2D eigenvalue weighted by Crippen LogP contribution is -2.30. The second kappa shape index (κ2) is 5.86. The lowest BCUT2D eigenvalue weighted by Gasteiger charge is -2.10. The molecular weight excluding hydrogens is 320 g/mol. The second-order valence-corrected chi connectivity index (χ2v) is 8.20. The lowest BCUT2D eigenvalue weighted by molar-refractivity contribution is 0.0998. The Morgan fingerprint density at radius 3 is 2.55 bits per heavy atom. The van der Waals surface area contributed by atoms with Crippen molar-refractivity contribution >= 4 is 27.2 Å². The zero-order valence-corrected chi connectivity index (χ0v) is 13.4. The minimum atomic E-state index is -3.48. The van der Waals surface area contributed by atoms with Crippen molar-refractivity contribution < 1.29 is 13.2 Å². The van der Waals surface area contributed by atoms with Crippen molar-refractivity contribution in [1.29, 1.82) is 0 Å². The van der Waals surface area contributed by atoms with Crippen LogP contribution in [0, 0.1) is 0 Å². The van der Waals surface area contributed by atoms with Gasteiger partial charge in [0.25, 0.3) is 0 Å². The Morgan fingerprint density at radius 2 is 1.82 bits per heavy atom. The molecule has 1 unspecified atom stereocenters. The van der Waals surface area contributed by atoms with Crippen molar-refractivity contribution in [1.82, 2.24) is 0 Å². The van der Waals surface area contributed by atoms with Crippen molar-refractivity contribution in [2.75, 3.05) is 5.75 Å². The molecule has 3 nitrogen and oxygen atoms in total. The van der Waals surface area contributed by atoms with E-state index in [-0.39, 0.29) is 18.0 Å². The Bertz CT molecular complexity index is 813. The summed E-state index contributed by atoms with van der Waals surface area (Å²) >= 11 is 5.91. The Hall–Kier alpha value is -1.65. The van der Waals surface area contributed by atoms with Gasteiger partial charge >= 0.3 is 0 Å². The minimum absolute atomic E-state index is 0.0187. The van der Waals surface area contributed by atoms with Crippen LogP contribution in [-0.4, -0.2) is 25.2 Å². The molecule has 0 saturated carbocycles. The topological polar surface area (TPSA) is 51.2 Å². The van der Waals surface area contributed by atoms with Gasteiger partial charge in [0.1, 0.15) is 5.25 Å². The molecule has 2 aromatic rings. The number of halogens is 1. The molecular formula is C17H15ClO3S. The number of carbonyl (C=O) groups is 1. The summed E-state index contributed by atoms with van der Waals surface area (Å²) in [6, 6.07) is 14.3.